The van der Waals surface area contributed by atoms with Gasteiger partial charge in [0.05, 0.1) is 31.1 Å². The summed E-state index contributed by atoms with van der Waals surface area (Å²) in [4.78, 5) is 24.4. The molecule has 0 saturated carbocycles. The van der Waals surface area contributed by atoms with E-state index in [1.165, 1.54) is 18.3 Å². The number of amides is 1. The van der Waals surface area contributed by atoms with E-state index in [0.717, 1.165) is 5.56 Å². The Hall–Kier alpha value is -3.85. The molecule has 0 radical (unpaired) electrons. The van der Waals surface area contributed by atoms with Crippen molar-refractivity contribution in [2.24, 2.45) is 11.0 Å². The third-order valence-electron chi connectivity index (χ3n) is 4.92. The number of rotatable bonds is 10. The van der Waals surface area contributed by atoms with Crippen LogP contribution in [0, 0.1) is 5.92 Å². The van der Waals surface area contributed by atoms with E-state index in [4.69, 9.17) is 14.2 Å². The first-order valence-electron chi connectivity index (χ1n) is 11.2. The number of carbonyl (C=O) groups is 2. The van der Waals surface area contributed by atoms with Gasteiger partial charge < -0.3 is 19.3 Å². The zero-order valence-corrected chi connectivity index (χ0v) is 21.7. The molecule has 0 aromatic heterocycles. The summed E-state index contributed by atoms with van der Waals surface area (Å²) in [5.74, 6) is 0.421. The van der Waals surface area contributed by atoms with Crippen LogP contribution in [0.25, 0.3) is 0 Å². The van der Waals surface area contributed by atoms with Crippen LogP contribution in [-0.2, 0) is 11.3 Å². The summed E-state index contributed by atoms with van der Waals surface area (Å²) in [5, 5.41) is 13.8. The zero-order chi connectivity index (χ0) is 26.1. The molecule has 0 heterocycles. The van der Waals surface area contributed by atoms with Crippen molar-refractivity contribution in [3.05, 3.63) is 87.4 Å². The van der Waals surface area contributed by atoms with Gasteiger partial charge in [-0.1, -0.05) is 29.8 Å². The quantitative estimate of drug-likeness (QED) is 0.199. The predicted molar refractivity (Wildman–Crippen MR) is 140 cm³/mol. The Morgan fingerprint density at radius 1 is 1.08 bits per heavy atom. The minimum atomic E-state index is -0.543. The molecule has 9 heteroatoms. The lowest BCUT2D eigenvalue weighted by molar-refractivity contribution is 0.0458. The molecule has 0 bridgehead atoms. The van der Waals surface area contributed by atoms with Gasteiger partial charge in [-0.15, -0.1) is 0 Å². The number of benzene rings is 3. The molecule has 2 N–H and O–H groups in total. The van der Waals surface area contributed by atoms with Crippen molar-refractivity contribution in [1.82, 2.24) is 5.43 Å². The first kappa shape index (κ1) is 26.7. The third kappa shape index (κ3) is 7.58. The number of phenols is 1. The number of nitrogens with zero attached hydrogens (tertiary/aromatic N) is 1. The highest BCUT2D eigenvalue weighted by Gasteiger charge is 2.12. The average molecular weight is 555 g/mol. The molecule has 1 amide bonds. The topological polar surface area (TPSA) is 106 Å². The molecule has 0 atom stereocenters. The fourth-order valence-electron chi connectivity index (χ4n) is 3.08. The highest BCUT2D eigenvalue weighted by atomic mass is 79.9. The minimum Gasteiger partial charge on any atom is -0.507 e. The van der Waals surface area contributed by atoms with Gasteiger partial charge in [-0.2, -0.15) is 5.10 Å². The van der Waals surface area contributed by atoms with E-state index < -0.39 is 5.91 Å². The lowest BCUT2D eigenvalue weighted by Gasteiger charge is -2.12. The Balaban J connectivity index is 1.62. The summed E-state index contributed by atoms with van der Waals surface area (Å²) >= 11 is 3.27. The minimum absolute atomic E-state index is 0.101. The fraction of sp³-hybridized carbons (Fsp3) is 0.222. The van der Waals surface area contributed by atoms with E-state index in [-0.39, 0.29) is 29.8 Å². The van der Waals surface area contributed by atoms with Crippen molar-refractivity contribution in [2.75, 3.05) is 13.7 Å². The molecule has 0 aliphatic rings. The number of methoxy groups -OCH3 is 1. The van der Waals surface area contributed by atoms with E-state index in [2.05, 4.69) is 26.5 Å². The first-order valence-corrected chi connectivity index (χ1v) is 11.9. The smallest absolute Gasteiger partial charge is 0.338 e. The van der Waals surface area contributed by atoms with Crippen molar-refractivity contribution in [3.8, 4) is 17.2 Å². The Morgan fingerprint density at radius 3 is 2.53 bits per heavy atom. The number of nitrogens with one attached hydrogen (secondary N) is 1. The largest absolute Gasteiger partial charge is 0.507 e. The number of esters is 1. The van der Waals surface area contributed by atoms with Crippen molar-refractivity contribution >= 4 is 34.0 Å². The maximum atomic E-state index is 12.3. The van der Waals surface area contributed by atoms with E-state index in [1.54, 1.807) is 49.6 Å². The van der Waals surface area contributed by atoms with Gasteiger partial charge in [-0.05, 0) is 72.1 Å². The Morgan fingerprint density at radius 2 is 1.83 bits per heavy atom. The van der Waals surface area contributed by atoms with E-state index in [0.29, 0.717) is 33.7 Å². The SMILES string of the molecule is COc1ccc(/C=N\NC(=O)c2cc(Br)ccc2O)cc1COc1ccc(C(=O)OCC(C)C)cc1. The molecule has 188 valence electrons. The fourth-order valence-corrected chi connectivity index (χ4v) is 3.44. The summed E-state index contributed by atoms with van der Waals surface area (Å²) in [6.45, 7) is 4.53. The molecule has 0 spiro atoms. The highest BCUT2D eigenvalue weighted by Crippen LogP contribution is 2.23. The highest BCUT2D eigenvalue weighted by molar-refractivity contribution is 9.10. The van der Waals surface area contributed by atoms with Crippen molar-refractivity contribution < 1.29 is 28.9 Å². The van der Waals surface area contributed by atoms with Crippen LogP contribution >= 0.6 is 15.9 Å². The molecular weight excluding hydrogens is 528 g/mol. The van der Waals surface area contributed by atoms with Crippen LogP contribution in [0.4, 0.5) is 0 Å². The number of ether oxygens (including phenoxy) is 3. The lowest BCUT2D eigenvalue weighted by atomic mass is 10.1. The Labute approximate surface area is 218 Å². The van der Waals surface area contributed by atoms with Gasteiger partial charge in [0.25, 0.3) is 5.91 Å². The van der Waals surface area contributed by atoms with Crippen LogP contribution in [0.1, 0.15) is 45.7 Å². The average Bonchev–Trinajstić information content (AvgIpc) is 2.87. The molecule has 3 aromatic carbocycles. The predicted octanol–water partition coefficient (Wildman–Crippen LogP) is 5.32. The van der Waals surface area contributed by atoms with Gasteiger partial charge in [0.15, 0.2) is 0 Å². The second-order valence-corrected chi connectivity index (χ2v) is 9.15. The van der Waals surface area contributed by atoms with Crippen LogP contribution in [0.2, 0.25) is 0 Å². The third-order valence-corrected chi connectivity index (χ3v) is 5.41. The summed E-state index contributed by atoms with van der Waals surface area (Å²) in [7, 11) is 1.56. The van der Waals surface area contributed by atoms with Crippen LogP contribution in [-0.4, -0.2) is 36.9 Å². The number of carbonyl (C=O) groups excluding carboxylic acids is 2. The second kappa shape index (κ2) is 12.7. The van der Waals surface area contributed by atoms with Crippen LogP contribution in [0.15, 0.2) is 70.2 Å². The molecule has 0 fully saturated rings. The van der Waals surface area contributed by atoms with E-state index in [1.807, 2.05) is 19.9 Å². The second-order valence-electron chi connectivity index (χ2n) is 8.24. The molecule has 3 aromatic rings. The molecule has 3 rings (SSSR count). The van der Waals surface area contributed by atoms with Gasteiger partial charge >= 0.3 is 5.97 Å². The summed E-state index contributed by atoms with van der Waals surface area (Å²) < 4.78 is 17.2. The number of phenolic OH excluding ortho intramolecular Hbond substituents is 1. The normalized spacial score (nSPS) is 10.9. The van der Waals surface area contributed by atoms with Crippen molar-refractivity contribution in [3.63, 3.8) is 0 Å². The standard InChI is InChI=1S/C27H27BrN2O6/c1-17(2)15-36-27(33)19-5-8-22(9-6-19)35-16-20-12-18(4-11-25(20)34-3)14-29-30-26(32)23-13-21(28)7-10-24(23)31/h4-14,17,31H,15-16H2,1-3H3,(H,30,32)/b29-14-. The summed E-state index contributed by atoms with van der Waals surface area (Å²) in [6, 6.07) is 16.7. The van der Waals surface area contributed by atoms with Gasteiger partial charge in [0, 0.05) is 10.0 Å². The van der Waals surface area contributed by atoms with Crippen molar-refractivity contribution in [2.45, 2.75) is 20.5 Å². The van der Waals surface area contributed by atoms with E-state index >= 15 is 0 Å². The van der Waals surface area contributed by atoms with Gasteiger partial charge in [-0.3, -0.25) is 4.79 Å². The van der Waals surface area contributed by atoms with Crippen LogP contribution in [0.3, 0.4) is 0 Å². The number of hydrazone groups is 1. The lowest BCUT2D eigenvalue weighted by Crippen LogP contribution is -2.17. The number of hydrogen-bond acceptors (Lipinski definition) is 7. The number of aromatic hydroxyl groups is 1. The summed E-state index contributed by atoms with van der Waals surface area (Å²) in [5.41, 5.74) is 4.42. The van der Waals surface area contributed by atoms with Crippen LogP contribution in [0.5, 0.6) is 17.2 Å². The first-order chi connectivity index (χ1) is 17.3. The maximum Gasteiger partial charge on any atom is 0.338 e. The summed E-state index contributed by atoms with van der Waals surface area (Å²) in [6.07, 6.45) is 1.48. The molecular formula is C27H27BrN2O6. The number of halogens is 1. The monoisotopic (exact) mass is 554 g/mol. The van der Waals surface area contributed by atoms with Crippen LogP contribution < -0.4 is 14.9 Å². The van der Waals surface area contributed by atoms with E-state index in [9.17, 15) is 14.7 Å². The molecule has 0 aliphatic heterocycles. The van der Waals surface area contributed by atoms with Gasteiger partial charge in [0.1, 0.15) is 23.9 Å². The van der Waals surface area contributed by atoms with Gasteiger partial charge in [-0.25, -0.2) is 10.2 Å². The van der Waals surface area contributed by atoms with Crippen molar-refractivity contribution in [1.29, 1.82) is 0 Å². The Kier molecular flexibility index (Phi) is 9.46. The maximum absolute atomic E-state index is 12.3. The molecule has 0 unspecified atom stereocenters. The zero-order valence-electron chi connectivity index (χ0n) is 20.2. The molecule has 0 aliphatic carbocycles. The van der Waals surface area contributed by atoms with Gasteiger partial charge in [0.2, 0.25) is 0 Å². The number of hydrogen-bond donors (Lipinski definition) is 2. The molecule has 8 nitrogen and oxygen atoms in total. The Bertz CT molecular complexity index is 1240. The molecule has 0 saturated heterocycles. The molecule has 36 heavy (non-hydrogen) atoms.